The van der Waals surface area contributed by atoms with Gasteiger partial charge in [0.1, 0.15) is 6.04 Å². The van der Waals surface area contributed by atoms with Crippen LogP contribution in [0.3, 0.4) is 0 Å². The highest BCUT2D eigenvalue weighted by Crippen LogP contribution is 2.16. The predicted octanol–water partition coefficient (Wildman–Crippen LogP) is 1.20. The molecule has 0 amide bonds. The molecular formula is C10H19IN2O2. The normalized spacial score (nSPS) is 21.3. The SMILES string of the molecule is CC(NI)C(=O)OCC1CCN(C)CC1. The quantitative estimate of drug-likeness (QED) is 0.479. The maximum atomic E-state index is 11.4. The lowest BCUT2D eigenvalue weighted by Gasteiger charge is -2.28. The number of hydrogen-bond donors (Lipinski definition) is 1. The van der Waals surface area contributed by atoms with Crippen LogP contribution in [-0.4, -0.2) is 43.7 Å². The van der Waals surface area contributed by atoms with Crippen molar-refractivity contribution in [1.29, 1.82) is 0 Å². The van der Waals surface area contributed by atoms with Crippen LogP contribution in [0.15, 0.2) is 0 Å². The molecule has 0 aromatic rings. The summed E-state index contributed by atoms with van der Waals surface area (Å²) < 4.78 is 8.09. The molecule has 1 rings (SSSR count). The lowest BCUT2D eigenvalue weighted by atomic mass is 9.98. The first-order valence-corrected chi connectivity index (χ1v) is 6.42. The Labute approximate surface area is 105 Å². The summed E-state index contributed by atoms with van der Waals surface area (Å²) in [6, 6.07) is -0.211. The van der Waals surface area contributed by atoms with Crippen molar-refractivity contribution < 1.29 is 9.53 Å². The number of likely N-dealkylation sites (tertiary alicyclic amines) is 1. The Morgan fingerprint density at radius 3 is 2.73 bits per heavy atom. The van der Waals surface area contributed by atoms with E-state index in [2.05, 4.69) is 15.5 Å². The zero-order valence-electron chi connectivity index (χ0n) is 9.33. The summed E-state index contributed by atoms with van der Waals surface area (Å²) in [4.78, 5) is 13.7. The molecule has 5 heteroatoms. The highest BCUT2D eigenvalue weighted by Gasteiger charge is 2.19. The maximum Gasteiger partial charge on any atom is 0.323 e. The van der Waals surface area contributed by atoms with E-state index >= 15 is 0 Å². The summed E-state index contributed by atoms with van der Waals surface area (Å²) in [6.45, 7) is 4.61. The average molecular weight is 326 g/mol. The predicted molar refractivity (Wildman–Crippen MR) is 67.8 cm³/mol. The van der Waals surface area contributed by atoms with Crippen molar-refractivity contribution in [1.82, 2.24) is 8.43 Å². The summed E-state index contributed by atoms with van der Waals surface area (Å²) in [5.74, 6) is 0.398. The minimum atomic E-state index is -0.211. The fourth-order valence-electron chi connectivity index (χ4n) is 1.60. The molecule has 0 radical (unpaired) electrons. The van der Waals surface area contributed by atoms with Gasteiger partial charge in [0.15, 0.2) is 0 Å². The molecule has 88 valence electrons. The lowest BCUT2D eigenvalue weighted by molar-refractivity contribution is -0.146. The van der Waals surface area contributed by atoms with Gasteiger partial charge in [0.05, 0.1) is 6.61 Å². The van der Waals surface area contributed by atoms with Crippen molar-refractivity contribution in [2.45, 2.75) is 25.8 Å². The van der Waals surface area contributed by atoms with Crippen LogP contribution in [0.5, 0.6) is 0 Å². The third-order valence-electron chi connectivity index (χ3n) is 2.82. The molecule has 1 aliphatic rings. The van der Waals surface area contributed by atoms with Gasteiger partial charge < -0.3 is 9.64 Å². The van der Waals surface area contributed by atoms with E-state index in [0.29, 0.717) is 12.5 Å². The Kier molecular flexibility index (Phi) is 5.84. The highest BCUT2D eigenvalue weighted by molar-refractivity contribution is 14.1. The molecule has 1 unspecified atom stereocenters. The van der Waals surface area contributed by atoms with Crippen molar-refractivity contribution in [3.05, 3.63) is 0 Å². The molecule has 0 aliphatic carbocycles. The number of halogens is 1. The second-order valence-corrected chi connectivity index (χ2v) is 4.83. The van der Waals surface area contributed by atoms with Crippen LogP contribution in [0.25, 0.3) is 0 Å². The van der Waals surface area contributed by atoms with Gasteiger partial charge in [-0.05, 0) is 45.8 Å². The summed E-state index contributed by atoms with van der Waals surface area (Å²) in [6.07, 6.45) is 2.27. The topological polar surface area (TPSA) is 41.6 Å². The smallest absolute Gasteiger partial charge is 0.323 e. The molecule has 0 saturated carbocycles. The largest absolute Gasteiger partial charge is 0.464 e. The zero-order valence-corrected chi connectivity index (χ0v) is 11.5. The second kappa shape index (κ2) is 6.65. The van der Waals surface area contributed by atoms with Gasteiger partial charge in [-0.25, -0.2) is 3.53 Å². The van der Waals surface area contributed by atoms with Crippen molar-refractivity contribution in [3.8, 4) is 0 Å². The molecule has 1 saturated heterocycles. The van der Waals surface area contributed by atoms with E-state index in [0.717, 1.165) is 25.9 Å². The number of ether oxygens (including phenoxy) is 1. The van der Waals surface area contributed by atoms with Crippen LogP contribution in [0.1, 0.15) is 19.8 Å². The molecule has 1 aliphatic heterocycles. The standard InChI is InChI=1S/C10H19IN2O2/c1-8(12-11)10(14)15-7-9-3-5-13(2)6-4-9/h8-9,12H,3-7H2,1-2H3. The van der Waals surface area contributed by atoms with E-state index in [1.54, 1.807) is 0 Å². The van der Waals surface area contributed by atoms with Crippen LogP contribution in [0, 0.1) is 5.92 Å². The highest BCUT2D eigenvalue weighted by atomic mass is 127. The third-order valence-corrected chi connectivity index (χ3v) is 3.75. The molecule has 1 atom stereocenters. The number of rotatable bonds is 4. The second-order valence-electron chi connectivity index (χ2n) is 4.21. The molecule has 4 nitrogen and oxygen atoms in total. The maximum absolute atomic E-state index is 11.4. The minimum absolute atomic E-state index is 0.150. The van der Waals surface area contributed by atoms with Gasteiger partial charge in [0.25, 0.3) is 0 Å². The van der Waals surface area contributed by atoms with Crippen LogP contribution < -0.4 is 3.53 Å². The molecule has 1 fully saturated rings. The van der Waals surface area contributed by atoms with Gasteiger partial charge in [-0.3, -0.25) is 4.79 Å². The Hall–Kier alpha value is 0.120. The zero-order chi connectivity index (χ0) is 11.3. The molecule has 0 aromatic heterocycles. The molecule has 0 bridgehead atoms. The summed E-state index contributed by atoms with van der Waals surface area (Å²) in [5, 5.41) is 0. The molecule has 0 spiro atoms. The van der Waals surface area contributed by atoms with Gasteiger partial charge in [-0.1, -0.05) is 0 Å². The molecule has 1 N–H and O–H groups in total. The Balaban J connectivity index is 2.17. The molecular weight excluding hydrogens is 307 g/mol. The lowest BCUT2D eigenvalue weighted by Crippen LogP contribution is -2.34. The van der Waals surface area contributed by atoms with Crippen LogP contribution in [-0.2, 0) is 9.53 Å². The number of carbonyl (C=O) groups excluding carboxylic acids is 1. The first-order valence-electron chi connectivity index (χ1n) is 5.35. The Morgan fingerprint density at radius 2 is 2.20 bits per heavy atom. The van der Waals surface area contributed by atoms with E-state index in [4.69, 9.17) is 4.74 Å². The van der Waals surface area contributed by atoms with Crippen molar-refractivity contribution in [3.63, 3.8) is 0 Å². The van der Waals surface area contributed by atoms with E-state index in [1.165, 1.54) is 0 Å². The Bertz CT molecular complexity index is 206. The summed E-state index contributed by atoms with van der Waals surface area (Å²) in [7, 11) is 2.13. The number of esters is 1. The molecule has 15 heavy (non-hydrogen) atoms. The third kappa shape index (κ3) is 4.65. The van der Waals surface area contributed by atoms with E-state index in [-0.39, 0.29) is 12.0 Å². The van der Waals surface area contributed by atoms with E-state index in [9.17, 15) is 4.79 Å². The van der Waals surface area contributed by atoms with Crippen LogP contribution in [0.4, 0.5) is 0 Å². The van der Waals surface area contributed by atoms with Gasteiger partial charge >= 0.3 is 5.97 Å². The number of nitrogens with zero attached hydrogens (tertiary/aromatic N) is 1. The van der Waals surface area contributed by atoms with Crippen LogP contribution in [0.2, 0.25) is 0 Å². The fourth-order valence-corrected chi connectivity index (χ4v) is 1.85. The van der Waals surface area contributed by atoms with Gasteiger partial charge in [0, 0.05) is 22.9 Å². The van der Waals surface area contributed by atoms with Crippen molar-refractivity contribution >= 4 is 28.8 Å². The average Bonchev–Trinajstić information content (AvgIpc) is 2.26. The first-order chi connectivity index (χ1) is 7.13. The van der Waals surface area contributed by atoms with E-state index in [1.807, 2.05) is 29.8 Å². The van der Waals surface area contributed by atoms with Gasteiger partial charge in [-0.2, -0.15) is 0 Å². The minimum Gasteiger partial charge on any atom is -0.464 e. The summed E-state index contributed by atoms with van der Waals surface area (Å²) in [5.41, 5.74) is 0. The van der Waals surface area contributed by atoms with Crippen molar-refractivity contribution in [2.24, 2.45) is 5.92 Å². The van der Waals surface area contributed by atoms with Gasteiger partial charge in [-0.15, -0.1) is 0 Å². The van der Waals surface area contributed by atoms with E-state index < -0.39 is 0 Å². The van der Waals surface area contributed by atoms with Crippen molar-refractivity contribution in [2.75, 3.05) is 26.7 Å². The number of carbonyl (C=O) groups is 1. The first kappa shape index (κ1) is 13.2. The number of nitrogens with one attached hydrogen (secondary N) is 1. The monoisotopic (exact) mass is 326 g/mol. The fraction of sp³-hybridized carbons (Fsp3) is 0.900. The molecule has 0 aromatic carbocycles. The molecule has 1 heterocycles. The van der Waals surface area contributed by atoms with Crippen LogP contribution >= 0.6 is 22.9 Å². The number of piperidine rings is 1. The van der Waals surface area contributed by atoms with Gasteiger partial charge in [0.2, 0.25) is 0 Å². The summed E-state index contributed by atoms with van der Waals surface area (Å²) >= 11 is 1.97. The number of hydrogen-bond acceptors (Lipinski definition) is 4. The Morgan fingerprint density at radius 1 is 1.60 bits per heavy atom.